The molecule has 2 aromatic carbocycles. The number of nitrogens with zero attached hydrogens (tertiary/aromatic N) is 4. The maximum Gasteiger partial charge on any atom is 0.325 e. The van der Waals surface area contributed by atoms with Gasteiger partial charge in [0.05, 0.1) is 4.92 Å². The van der Waals surface area contributed by atoms with Crippen LogP contribution in [0.4, 0.5) is 17.1 Å². The molecule has 36 heavy (non-hydrogen) atoms. The van der Waals surface area contributed by atoms with Crippen molar-refractivity contribution in [3.63, 3.8) is 0 Å². The summed E-state index contributed by atoms with van der Waals surface area (Å²) in [5.74, 6) is -0.768. The Bertz CT molecular complexity index is 1090. The second kappa shape index (κ2) is 11.4. The summed E-state index contributed by atoms with van der Waals surface area (Å²) in [6, 6.07) is 12.7. The molecule has 0 atom stereocenters. The fraction of sp³-hybridized carbons (Fsp3) is 0.462. The van der Waals surface area contributed by atoms with E-state index >= 15 is 0 Å². The van der Waals surface area contributed by atoms with E-state index in [0.29, 0.717) is 13.1 Å². The van der Waals surface area contributed by atoms with Gasteiger partial charge in [0.1, 0.15) is 17.8 Å². The molecule has 1 saturated heterocycles. The molecule has 1 N–H and O–H groups in total. The quantitative estimate of drug-likeness (QED) is 0.336. The first-order valence-electron chi connectivity index (χ1n) is 11.9. The minimum Gasteiger partial charge on any atom is -0.459 e. The van der Waals surface area contributed by atoms with Crippen LogP contribution >= 0.6 is 0 Å². The summed E-state index contributed by atoms with van der Waals surface area (Å²) in [4.78, 5) is 42.2. The molecule has 194 valence electrons. The number of esters is 1. The van der Waals surface area contributed by atoms with Gasteiger partial charge in [-0.1, -0.05) is 12.1 Å². The van der Waals surface area contributed by atoms with Crippen LogP contribution in [-0.4, -0.2) is 79.0 Å². The number of benzene rings is 2. The number of hydrogen-bond donors (Lipinski definition) is 1. The summed E-state index contributed by atoms with van der Waals surface area (Å²) in [7, 11) is 4.02. The van der Waals surface area contributed by atoms with Gasteiger partial charge in [0, 0.05) is 64.1 Å². The lowest BCUT2D eigenvalue weighted by Gasteiger charge is -2.34. The first kappa shape index (κ1) is 26.9. The summed E-state index contributed by atoms with van der Waals surface area (Å²) < 4.78 is 5.22. The van der Waals surface area contributed by atoms with Gasteiger partial charge in [-0.05, 0) is 50.6 Å². The molecule has 0 radical (unpaired) electrons. The van der Waals surface area contributed by atoms with Gasteiger partial charge in [-0.3, -0.25) is 24.6 Å². The highest BCUT2D eigenvalue weighted by atomic mass is 16.6. The summed E-state index contributed by atoms with van der Waals surface area (Å²) in [6.45, 7) is 8.35. The predicted molar refractivity (Wildman–Crippen MR) is 139 cm³/mol. The zero-order valence-electron chi connectivity index (χ0n) is 21.6. The predicted octanol–water partition coefficient (Wildman–Crippen LogP) is 3.37. The van der Waals surface area contributed by atoms with Crippen molar-refractivity contribution in [1.29, 1.82) is 0 Å². The van der Waals surface area contributed by atoms with Crippen molar-refractivity contribution >= 4 is 28.9 Å². The first-order chi connectivity index (χ1) is 16.9. The zero-order valence-corrected chi connectivity index (χ0v) is 21.6. The van der Waals surface area contributed by atoms with Gasteiger partial charge in [0.15, 0.2) is 0 Å². The smallest absolute Gasteiger partial charge is 0.325 e. The van der Waals surface area contributed by atoms with Gasteiger partial charge < -0.3 is 19.9 Å². The first-order valence-corrected chi connectivity index (χ1v) is 11.9. The Kier molecular flexibility index (Phi) is 8.52. The van der Waals surface area contributed by atoms with Crippen molar-refractivity contribution < 1.29 is 19.2 Å². The van der Waals surface area contributed by atoms with Gasteiger partial charge in [-0.2, -0.15) is 0 Å². The Morgan fingerprint density at radius 2 is 1.69 bits per heavy atom. The van der Waals surface area contributed by atoms with E-state index in [4.69, 9.17) is 4.74 Å². The molecule has 0 spiro atoms. The number of ether oxygens (including phenoxy) is 1. The lowest BCUT2D eigenvalue weighted by atomic mass is 10.1. The van der Waals surface area contributed by atoms with Crippen LogP contribution in [0.2, 0.25) is 0 Å². The molecule has 1 heterocycles. The molecule has 0 aromatic heterocycles. The maximum atomic E-state index is 13.1. The topological polar surface area (TPSA) is 108 Å². The molecular formula is C26H35N5O5. The molecule has 0 unspecified atom stereocenters. The molecule has 1 fully saturated rings. The molecule has 1 aliphatic heterocycles. The molecule has 0 saturated carbocycles. The number of carbonyl (C=O) groups is 2. The molecule has 10 nitrogen and oxygen atoms in total. The molecule has 3 rings (SSSR count). The van der Waals surface area contributed by atoms with Gasteiger partial charge in [-0.15, -0.1) is 0 Å². The zero-order chi connectivity index (χ0) is 26.5. The maximum absolute atomic E-state index is 13.1. The van der Waals surface area contributed by atoms with Gasteiger partial charge in [0.2, 0.25) is 0 Å². The van der Waals surface area contributed by atoms with E-state index in [0.717, 1.165) is 25.3 Å². The molecule has 0 bridgehead atoms. The third-order valence-electron chi connectivity index (χ3n) is 5.80. The SMILES string of the molecule is CN(C)c1ccc(CN2CCN(C(=O)c3ccc(NCC(=O)OC(C)(C)C)c([N+](=O)[O-])c3)CC2)cc1. The van der Waals surface area contributed by atoms with E-state index in [-0.39, 0.29) is 29.4 Å². The molecule has 1 amide bonds. The van der Waals surface area contributed by atoms with E-state index in [1.165, 1.54) is 17.7 Å². The van der Waals surface area contributed by atoms with Crippen LogP contribution in [0.1, 0.15) is 36.7 Å². The fourth-order valence-corrected chi connectivity index (χ4v) is 3.96. The Morgan fingerprint density at radius 3 is 2.25 bits per heavy atom. The number of nitrogens with one attached hydrogen (secondary N) is 1. The van der Waals surface area contributed by atoms with E-state index in [9.17, 15) is 19.7 Å². The largest absolute Gasteiger partial charge is 0.459 e. The standard InChI is InChI=1S/C26H35N5O5/c1-26(2,3)36-24(32)17-27-22-11-8-20(16-23(22)31(34)35)25(33)30-14-12-29(13-15-30)18-19-6-9-21(10-7-19)28(4)5/h6-11,16,27H,12-15,17-18H2,1-5H3. The molecule has 2 aromatic rings. The van der Waals surface area contributed by atoms with Gasteiger partial charge in [0.25, 0.3) is 11.6 Å². The number of carbonyl (C=O) groups excluding carboxylic acids is 2. The minimum absolute atomic E-state index is 0.160. The summed E-state index contributed by atoms with van der Waals surface area (Å²) in [5, 5.41) is 14.4. The number of hydrogen-bond acceptors (Lipinski definition) is 8. The normalized spacial score (nSPS) is 14.3. The van der Waals surface area contributed by atoms with Crippen molar-refractivity contribution in [1.82, 2.24) is 9.80 Å². The third kappa shape index (κ3) is 7.42. The van der Waals surface area contributed by atoms with Crippen LogP contribution < -0.4 is 10.2 Å². The Labute approximate surface area is 212 Å². The number of amides is 1. The van der Waals surface area contributed by atoms with Crippen molar-refractivity contribution in [3.8, 4) is 0 Å². The van der Waals surface area contributed by atoms with Gasteiger partial charge in [-0.25, -0.2) is 0 Å². The van der Waals surface area contributed by atoms with Crippen LogP contribution in [0.5, 0.6) is 0 Å². The number of piperazine rings is 1. The van der Waals surface area contributed by atoms with Crippen LogP contribution in [0.15, 0.2) is 42.5 Å². The van der Waals surface area contributed by atoms with Crippen LogP contribution in [0, 0.1) is 10.1 Å². The molecule has 1 aliphatic rings. The lowest BCUT2D eigenvalue weighted by molar-refractivity contribution is -0.384. The Hall–Kier alpha value is -3.66. The second-order valence-corrected chi connectivity index (χ2v) is 10.1. The van der Waals surface area contributed by atoms with Crippen molar-refractivity contribution in [2.75, 3.05) is 57.0 Å². The van der Waals surface area contributed by atoms with E-state index in [1.54, 1.807) is 31.7 Å². The van der Waals surface area contributed by atoms with E-state index < -0.39 is 16.5 Å². The fourth-order valence-electron chi connectivity index (χ4n) is 3.96. The number of rotatable bonds is 8. The minimum atomic E-state index is -0.651. The average Bonchev–Trinajstić information content (AvgIpc) is 2.82. The highest BCUT2D eigenvalue weighted by Gasteiger charge is 2.25. The highest BCUT2D eigenvalue weighted by molar-refractivity contribution is 5.96. The number of anilines is 2. The average molecular weight is 498 g/mol. The van der Waals surface area contributed by atoms with Crippen molar-refractivity contribution in [2.45, 2.75) is 32.9 Å². The van der Waals surface area contributed by atoms with Crippen LogP contribution in [0.3, 0.4) is 0 Å². The second-order valence-electron chi connectivity index (χ2n) is 10.1. The van der Waals surface area contributed by atoms with Crippen LogP contribution in [-0.2, 0) is 16.1 Å². The summed E-state index contributed by atoms with van der Waals surface area (Å²) >= 11 is 0. The molecule has 0 aliphatic carbocycles. The van der Waals surface area contributed by atoms with Crippen molar-refractivity contribution in [2.24, 2.45) is 0 Å². The monoisotopic (exact) mass is 497 g/mol. The highest BCUT2D eigenvalue weighted by Crippen LogP contribution is 2.26. The Morgan fingerprint density at radius 1 is 1.06 bits per heavy atom. The molecular weight excluding hydrogens is 462 g/mol. The summed E-state index contributed by atoms with van der Waals surface area (Å²) in [5.41, 5.74) is 1.86. The number of nitro groups is 1. The van der Waals surface area contributed by atoms with Crippen LogP contribution in [0.25, 0.3) is 0 Å². The van der Waals surface area contributed by atoms with E-state index in [1.807, 2.05) is 14.1 Å². The lowest BCUT2D eigenvalue weighted by Crippen LogP contribution is -2.48. The van der Waals surface area contributed by atoms with Gasteiger partial charge >= 0.3 is 5.97 Å². The third-order valence-corrected chi connectivity index (χ3v) is 5.80. The van der Waals surface area contributed by atoms with Crippen molar-refractivity contribution in [3.05, 3.63) is 63.7 Å². The Balaban J connectivity index is 1.58. The number of nitro benzene ring substituents is 1. The van der Waals surface area contributed by atoms with E-state index in [2.05, 4.69) is 39.4 Å². The summed E-state index contributed by atoms with van der Waals surface area (Å²) in [6.07, 6.45) is 0. The molecule has 10 heteroatoms.